The second-order valence-electron chi connectivity index (χ2n) is 5.80. The van der Waals surface area contributed by atoms with Gasteiger partial charge in [-0.1, -0.05) is 0 Å². The van der Waals surface area contributed by atoms with Crippen LogP contribution in [0.3, 0.4) is 0 Å². The van der Waals surface area contributed by atoms with Crippen LogP contribution in [0.15, 0.2) is 6.20 Å². The van der Waals surface area contributed by atoms with Gasteiger partial charge in [0.1, 0.15) is 5.82 Å². The number of piperidine rings is 1. The molecule has 0 amide bonds. The van der Waals surface area contributed by atoms with E-state index in [1.807, 2.05) is 0 Å². The first-order chi connectivity index (χ1) is 8.78. The van der Waals surface area contributed by atoms with Crippen LogP contribution in [0.5, 0.6) is 0 Å². The topological polar surface area (TPSA) is 41.3 Å². The summed E-state index contributed by atoms with van der Waals surface area (Å²) in [7, 11) is 2.19. The molecule has 0 spiro atoms. The molecule has 1 aromatic rings. The maximum atomic E-state index is 9.44. The van der Waals surface area contributed by atoms with E-state index in [-0.39, 0.29) is 12.6 Å². The van der Waals surface area contributed by atoms with Crippen LogP contribution in [0.4, 0.5) is 0 Å². The van der Waals surface area contributed by atoms with E-state index in [0.29, 0.717) is 5.92 Å². The summed E-state index contributed by atoms with van der Waals surface area (Å²) in [4.78, 5) is 7.22. The van der Waals surface area contributed by atoms with Crippen molar-refractivity contribution in [2.24, 2.45) is 0 Å². The number of hydrogen-bond donors (Lipinski definition) is 1. The lowest BCUT2D eigenvalue weighted by atomic mass is 9.94. The molecule has 0 aromatic carbocycles. The standard InChI is InChI=1S/C14H23N3O/c1-16-7-5-11(6-8-16)13-9-17-12(10-18)3-2-4-14(17)15-13/h9,11-12,18H,2-8,10H2,1H3. The van der Waals surface area contributed by atoms with E-state index in [1.54, 1.807) is 0 Å². The van der Waals surface area contributed by atoms with Crippen molar-refractivity contribution < 1.29 is 5.11 Å². The van der Waals surface area contributed by atoms with Crippen molar-refractivity contribution >= 4 is 0 Å². The SMILES string of the molecule is CN1CCC(c2cn3c(n2)CCCC3CO)CC1. The molecular weight excluding hydrogens is 226 g/mol. The normalized spacial score (nSPS) is 26.2. The zero-order chi connectivity index (χ0) is 12.5. The number of aryl methyl sites for hydroxylation is 1. The van der Waals surface area contributed by atoms with Gasteiger partial charge in [0.25, 0.3) is 0 Å². The summed E-state index contributed by atoms with van der Waals surface area (Å²) in [5.41, 5.74) is 1.26. The molecule has 2 aliphatic rings. The lowest BCUT2D eigenvalue weighted by Crippen LogP contribution is -2.29. The Hall–Kier alpha value is -0.870. The number of imidazole rings is 1. The zero-order valence-electron chi connectivity index (χ0n) is 11.2. The fraction of sp³-hybridized carbons (Fsp3) is 0.786. The van der Waals surface area contributed by atoms with E-state index in [9.17, 15) is 5.11 Å². The van der Waals surface area contributed by atoms with Gasteiger partial charge in [-0.05, 0) is 45.8 Å². The molecule has 1 atom stereocenters. The molecule has 1 fully saturated rings. The Morgan fingerprint density at radius 3 is 2.83 bits per heavy atom. The van der Waals surface area contributed by atoms with Gasteiger partial charge in [0.15, 0.2) is 0 Å². The second-order valence-corrected chi connectivity index (χ2v) is 5.80. The van der Waals surface area contributed by atoms with Crippen molar-refractivity contribution in [2.75, 3.05) is 26.7 Å². The Bertz CT molecular complexity index is 407. The lowest BCUT2D eigenvalue weighted by molar-refractivity contribution is 0.206. The van der Waals surface area contributed by atoms with Crippen LogP contribution in [0.1, 0.15) is 49.2 Å². The van der Waals surface area contributed by atoms with Crippen LogP contribution < -0.4 is 0 Å². The Kier molecular flexibility index (Phi) is 3.39. The van der Waals surface area contributed by atoms with Crippen molar-refractivity contribution in [3.05, 3.63) is 17.7 Å². The molecule has 100 valence electrons. The van der Waals surface area contributed by atoms with Crippen LogP contribution in [-0.2, 0) is 6.42 Å². The average molecular weight is 249 g/mol. The minimum Gasteiger partial charge on any atom is -0.394 e. The first kappa shape index (κ1) is 12.2. The molecule has 1 unspecified atom stereocenters. The molecule has 18 heavy (non-hydrogen) atoms. The minimum absolute atomic E-state index is 0.246. The molecule has 0 saturated carbocycles. The molecule has 0 aliphatic carbocycles. The second kappa shape index (κ2) is 5.02. The third-order valence-electron chi connectivity index (χ3n) is 4.51. The summed E-state index contributed by atoms with van der Waals surface area (Å²) >= 11 is 0. The molecule has 3 rings (SSSR count). The Balaban J connectivity index is 1.80. The van der Waals surface area contributed by atoms with Crippen molar-refractivity contribution in [3.63, 3.8) is 0 Å². The van der Waals surface area contributed by atoms with E-state index >= 15 is 0 Å². The maximum absolute atomic E-state index is 9.44. The predicted molar refractivity (Wildman–Crippen MR) is 70.8 cm³/mol. The van der Waals surface area contributed by atoms with Crippen LogP contribution in [0, 0.1) is 0 Å². The van der Waals surface area contributed by atoms with E-state index in [1.165, 1.54) is 37.4 Å². The summed E-state index contributed by atoms with van der Waals surface area (Å²) in [6.45, 7) is 2.60. The van der Waals surface area contributed by atoms with Gasteiger partial charge >= 0.3 is 0 Å². The van der Waals surface area contributed by atoms with Crippen LogP contribution in [0.25, 0.3) is 0 Å². The fourth-order valence-electron chi connectivity index (χ4n) is 3.27. The lowest BCUT2D eigenvalue weighted by Gasteiger charge is -2.27. The molecule has 1 N–H and O–H groups in total. The summed E-state index contributed by atoms with van der Waals surface area (Å²) in [5.74, 6) is 1.81. The number of aliphatic hydroxyl groups is 1. The van der Waals surface area contributed by atoms with Gasteiger partial charge in [-0.25, -0.2) is 4.98 Å². The fourth-order valence-corrected chi connectivity index (χ4v) is 3.27. The molecule has 3 heterocycles. The van der Waals surface area contributed by atoms with Crippen molar-refractivity contribution in [1.29, 1.82) is 0 Å². The van der Waals surface area contributed by atoms with E-state index in [2.05, 4.69) is 22.7 Å². The Morgan fingerprint density at radius 1 is 1.33 bits per heavy atom. The van der Waals surface area contributed by atoms with Gasteiger partial charge < -0.3 is 14.6 Å². The highest BCUT2D eigenvalue weighted by Crippen LogP contribution is 2.31. The molecule has 4 nitrogen and oxygen atoms in total. The van der Waals surface area contributed by atoms with Crippen molar-refractivity contribution in [2.45, 2.75) is 44.1 Å². The van der Waals surface area contributed by atoms with Gasteiger partial charge in [-0.2, -0.15) is 0 Å². The zero-order valence-corrected chi connectivity index (χ0v) is 11.2. The monoisotopic (exact) mass is 249 g/mol. The molecule has 0 bridgehead atoms. The number of fused-ring (bicyclic) bond motifs is 1. The van der Waals surface area contributed by atoms with E-state index in [4.69, 9.17) is 4.98 Å². The summed E-state index contributed by atoms with van der Waals surface area (Å²) < 4.78 is 2.23. The summed E-state index contributed by atoms with van der Waals surface area (Å²) in [5, 5.41) is 9.44. The highest BCUT2D eigenvalue weighted by Gasteiger charge is 2.25. The van der Waals surface area contributed by atoms with Crippen LogP contribution >= 0.6 is 0 Å². The van der Waals surface area contributed by atoms with Gasteiger partial charge in [0.2, 0.25) is 0 Å². The molecule has 1 saturated heterocycles. The summed E-state index contributed by atoms with van der Waals surface area (Å²) in [6, 6.07) is 0.265. The van der Waals surface area contributed by atoms with E-state index < -0.39 is 0 Å². The first-order valence-electron chi connectivity index (χ1n) is 7.15. The number of aromatic nitrogens is 2. The van der Waals surface area contributed by atoms with Gasteiger partial charge in [-0.15, -0.1) is 0 Å². The van der Waals surface area contributed by atoms with Gasteiger partial charge in [-0.3, -0.25) is 0 Å². The van der Waals surface area contributed by atoms with E-state index in [0.717, 1.165) is 19.3 Å². The number of likely N-dealkylation sites (tertiary alicyclic amines) is 1. The third-order valence-corrected chi connectivity index (χ3v) is 4.51. The van der Waals surface area contributed by atoms with Crippen LogP contribution in [-0.4, -0.2) is 46.3 Å². The van der Waals surface area contributed by atoms with Crippen molar-refractivity contribution in [3.8, 4) is 0 Å². The number of nitrogens with zero attached hydrogens (tertiary/aromatic N) is 3. The molecule has 4 heteroatoms. The van der Waals surface area contributed by atoms with Gasteiger partial charge in [0, 0.05) is 18.5 Å². The highest BCUT2D eigenvalue weighted by molar-refractivity contribution is 5.13. The van der Waals surface area contributed by atoms with Crippen LogP contribution in [0.2, 0.25) is 0 Å². The molecule has 1 aromatic heterocycles. The largest absolute Gasteiger partial charge is 0.394 e. The maximum Gasteiger partial charge on any atom is 0.109 e. The molecule has 0 radical (unpaired) electrons. The Labute approximate surface area is 109 Å². The number of hydrogen-bond acceptors (Lipinski definition) is 3. The summed E-state index contributed by atoms with van der Waals surface area (Å²) in [6.07, 6.45) is 7.98. The number of rotatable bonds is 2. The Morgan fingerprint density at radius 2 is 2.11 bits per heavy atom. The molecular formula is C14H23N3O. The molecule has 2 aliphatic heterocycles. The van der Waals surface area contributed by atoms with Gasteiger partial charge in [0.05, 0.1) is 18.3 Å². The average Bonchev–Trinajstić information content (AvgIpc) is 2.83. The number of aliphatic hydroxyl groups excluding tert-OH is 1. The smallest absolute Gasteiger partial charge is 0.109 e. The quantitative estimate of drug-likeness (QED) is 0.865. The predicted octanol–water partition coefficient (Wildman–Crippen LogP) is 1.56. The third kappa shape index (κ3) is 2.19. The first-order valence-corrected chi connectivity index (χ1v) is 7.15. The highest BCUT2D eigenvalue weighted by atomic mass is 16.3. The minimum atomic E-state index is 0.246. The van der Waals surface area contributed by atoms with Crippen molar-refractivity contribution in [1.82, 2.24) is 14.5 Å².